The predicted octanol–water partition coefficient (Wildman–Crippen LogP) is 4.64. The Morgan fingerprint density at radius 2 is 1.97 bits per heavy atom. The highest BCUT2D eigenvalue weighted by Gasteiger charge is 2.32. The van der Waals surface area contributed by atoms with E-state index < -0.39 is 0 Å². The van der Waals surface area contributed by atoms with Gasteiger partial charge in [0.05, 0.1) is 0 Å². The number of benzene rings is 2. The summed E-state index contributed by atoms with van der Waals surface area (Å²) >= 11 is 5.37. The summed E-state index contributed by atoms with van der Waals surface area (Å²) in [5.41, 5.74) is 2.66. The number of aromatic amines is 1. The Balaban J connectivity index is 1.49. The minimum absolute atomic E-state index is 0.00806. The van der Waals surface area contributed by atoms with Crippen LogP contribution < -0.4 is 0 Å². The molecule has 0 aliphatic heterocycles. The van der Waals surface area contributed by atoms with E-state index in [1.165, 1.54) is 6.07 Å². The smallest absolute Gasteiger partial charge is 0.224 e. The van der Waals surface area contributed by atoms with E-state index in [2.05, 4.69) is 10.2 Å². The van der Waals surface area contributed by atoms with Crippen molar-refractivity contribution in [1.82, 2.24) is 19.7 Å². The molecule has 7 heteroatoms. The van der Waals surface area contributed by atoms with Gasteiger partial charge in [-0.15, -0.1) is 0 Å². The summed E-state index contributed by atoms with van der Waals surface area (Å²) in [6.07, 6.45) is 2.23. The Hall–Kier alpha value is -2.80. The molecule has 3 aromatic rings. The molecule has 1 N–H and O–H groups in total. The van der Waals surface area contributed by atoms with Crippen molar-refractivity contribution in [3.63, 3.8) is 0 Å². The first kappa shape index (κ1) is 19.5. The van der Waals surface area contributed by atoms with E-state index >= 15 is 0 Å². The Bertz CT molecular complexity index is 1070. The van der Waals surface area contributed by atoms with Crippen LogP contribution in [0, 0.1) is 17.5 Å². The third-order valence-electron chi connectivity index (χ3n) is 5.22. The largest absolute Gasteiger partial charge is 0.335 e. The minimum Gasteiger partial charge on any atom is -0.335 e. The quantitative estimate of drug-likeness (QED) is 0.578. The first-order chi connectivity index (χ1) is 14.0. The Morgan fingerprint density at radius 3 is 2.66 bits per heavy atom. The lowest BCUT2D eigenvalue weighted by molar-refractivity contribution is -0.132. The molecule has 0 saturated heterocycles. The molecule has 1 aromatic heterocycles. The van der Waals surface area contributed by atoms with Crippen LogP contribution >= 0.6 is 12.2 Å². The van der Waals surface area contributed by atoms with Crippen molar-refractivity contribution < 1.29 is 9.18 Å². The van der Waals surface area contributed by atoms with Crippen LogP contribution in [0.3, 0.4) is 0 Å². The number of halogens is 1. The zero-order valence-electron chi connectivity index (χ0n) is 16.3. The fourth-order valence-corrected chi connectivity index (χ4v) is 3.64. The molecule has 5 nitrogen and oxygen atoms in total. The SMILES string of the molecule is Cc1ccc(-c2n[nH]c(=S)n2CCC(=O)N(Cc2ccccc2F)C2CC2)cc1. The number of nitrogens with one attached hydrogen (secondary N) is 1. The summed E-state index contributed by atoms with van der Waals surface area (Å²) in [6.45, 7) is 2.76. The molecule has 1 heterocycles. The number of nitrogens with zero attached hydrogens (tertiary/aromatic N) is 3. The van der Waals surface area contributed by atoms with Gasteiger partial charge in [-0.2, -0.15) is 5.10 Å². The zero-order chi connectivity index (χ0) is 20.4. The Morgan fingerprint density at radius 1 is 1.24 bits per heavy atom. The molecule has 1 amide bonds. The fourth-order valence-electron chi connectivity index (χ4n) is 3.42. The molecule has 0 bridgehead atoms. The molecule has 1 aliphatic rings. The number of rotatable bonds is 7. The van der Waals surface area contributed by atoms with Gasteiger partial charge < -0.3 is 4.90 Å². The van der Waals surface area contributed by atoms with Crippen LogP contribution in [0.15, 0.2) is 48.5 Å². The van der Waals surface area contributed by atoms with E-state index in [-0.39, 0.29) is 24.2 Å². The summed E-state index contributed by atoms with van der Waals surface area (Å²) in [6, 6.07) is 14.9. The lowest BCUT2D eigenvalue weighted by atomic mass is 10.1. The van der Waals surface area contributed by atoms with Gasteiger partial charge in [0.2, 0.25) is 5.91 Å². The molecule has 0 radical (unpaired) electrons. The van der Waals surface area contributed by atoms with Gasteiger partial charge in [-0.25, -0.2) is 4.39 Å². The highest BCUT2D eigenvalue weighted by atomic mass is 32.1. The summed E-state index contributed by atoms with van der Waals surface area (Å²) in [5.74, 6) is 0.452. The van der Waals surface area contributed by atoms with Crippen LogP contribution in [0.5, 0.6) is 0 Å². The lowest BCUT2D eigenvalue weighted by Crippen LogP contribution is -2.33. The molecule has 4 rings (SSSR count). The fraction of sp³-hybridized carbons (Fsp3) is 0.318. The maximum Gasteiger partial charge on any atom is 0.224 e. The minimum atomic E-state index is -0.273. The van der Waals surface area contributed by atoms with E-state index in [4.69, 9.17) is 12.2 Å². The summed E-state index contributed by atoms with van der Waals surface area (Å²) in [4.78, 5) is 14.8. The average Bonchev–Trinajstić information content (AvgIpc) is 3.49. The van der Waals surface area contributed by atoms with Crippen LogP contribution in [0.1, 0.15) is 30.4 Å². The van der Waals surface area contributed by atoms with Crippen LogP contribution in [0.2, 0.25) is 0 Å². The topological polar surface area (TPSA) is 53.9 Å². The second kappa shape index (κ2) is 8.29. The molecule has 0 spiro atoms. The van der Waals surface area contributed by atoms with Gasteiger partial charge in [0.15, 0.2) is 10.6 Å². The van der Waals surface area contributed by atoms with Crippen molar-refractivity contribution >= 4 is 18.1 Å². The van der Waals surface area contributed by atoms with Crippen molar-refractivity contribution in [2.75, 3.05) is 0 Å². The number of hydrogen-bond acceptors (Lipinski definition) is 3. The van der Waals surface area contributed by atoms with E-state index in [0.717, 1.165) is 29.8 Å². The Kier molecular flexibility index (Phi) is 5.58. The standard InChI is InChI=1S/C22H23FN4OS/c1-15-6-8-16(9-7-15)21-24-25-22(29)26(21)13-12-20(28)27(18-10-11-18)14-17-4-2-3-5-19(17)23/h2-9,18H,10-14H2,1H3,(H,25,29). The Labute approximate surface area is 174 Å². The second-order valence-electron chi connectivity index (χ2n) is 7.46. The number of H-pyrrole nitrogens is 1. The highest BCUT2D eigenvalue weighted by Crippen LogP contribution is 2.29. The van der Waals surface area contributed by atoms with Gasteiger partial charge in [0, 0.05) is 36.7 Å². The van der Waals surface area contributed by atoms with Gasteiger partial charge in [0.1, 0.15) is 5.82 Å². The van der Waals surface area contributed by atoms with Gasteiger partial charge in [-0.1, -0.05) is 48.0 Å². The summed E-state index contributed by atoms with van der Waals surface area (Å²) in [7, 11) is 0. The first-order valence-electron chi connectivity index (χ1n) is 9.78. The number of hydrogen-bond donors (Lipinski definition) is 1. The van der Waals surface area contributed by atoms with Crippen molar-refractivity contribution in [2.45, 2.75) is 45.3 Å². The lowest BCUT2D eigenvalue weighted by Gasteiger charge is -2.23. The van der Waals surface area contributed by atoms with Crippen LogP contribution in [-0.4, -0.2) is 31.6 Å². The summed E-state index contributed by atoms with van der Waals surface area (Å²) < 4.78 is 16.4. The normalized spacial score (nSPS) is 13.4. The van der Waals surface area contributed by atoms with Crippen molar-refractivity contribution in [2.24, 2.45) is 0 Å². The second-order valence-corrected chi connectivity index (χ2v) is 7.85. The average molecular weight is 411 g/mol. The number of carbonyl (C=O) groups excluding carboxylic acids is 1. The van der Waals surface area contributed by atoms with Crippen LogP contribution in [0.25, 0.3) is 11.4 Å². The van der Waals surface area contributed by atoms with Crippen molar-refractivity contribution in [1.29, 1.82) is 0 Å². The molecule has 150 valence electrons. The number of aromatic nitrogens is 3. The van der Waals surface area contributed by atoms with Crippen LogP contribution in [0.4, 0.5) is 4.39 Å². The van der Waals surface area contributed by atoms with E-state index in [1.54, 1.807) is 23.1 Å². The van der Waals surface area contributed by atoms with Gasteiger partial charge in [0.25, 0.3) is 0 Å². The van der Waals surface area contributed by atoms with Gasteiger partial charge >= 0.3 is 0 Å². The monoisotopic (exact) mass is 410 g/mol. The molecule has 0 unspecified atom stereocenters. The maximum absolute atomic E-state index is 14.1. The molecular formula is C22H23FN4OS. The molecule has 29 heavy (non-hydrogen) atoms. The van der Waals surface area contributed by atoms with Gasteiger partial charge in [-0.3, -0.25) is 14.5 Å². The van der Waals surface area contributed by atoms with Crippen LogP contribution in [-0.2, 0) is 17.9 Å². The number of aryl methyl sites for hydroxylation is 1. The molecular weight excluding hydrogens is 387 g/mol. The molecule has 0 atom stereocenters. The third kappa shape index (κ3) is 4.45. The number of carbonyl (C=O) groups is 1. The van der Waals surface area contributed by atoms with E-state index in [0.29, 0.717) is 23.4 Å². The first-order valence-corrected chi connectivity index (χ1v) is 10.2. The summed E-state index contributed by atoms with van der Waals surface area (Å²) in [5, 5.41) is 7.16. The third-order valence-corrected chi connectivity index (χ3v) is 5.54. The molecule has 1 fully saturated rings. The zero-order valence-corrected chi connectivity index (χ0v) is 17.1. The van der Waals surface area contributed by atoms with Gasteiger partial charge in [-0.05, 0) is 38.0 Å². The van der Waals surface area contributed by atoms with Crippen molar-refractivity contribution in [3.8, 4) is 11.4 Å². The number of amides is 1. The van der Waals surface area contributed by atoms with E-state index in [9.17, 15) is 9.18 Å². The molecule has 2 aromatic carbocycles. The van der Waals surface area contributed by atoms with E-state index in [1.807, 2.05) is 35.8 Å². The molecule has 1 aliphatic carbocycles. The van der Waals surface area contributed by atoms with Crippen molar-refractivity contribution in [3.05, 3.63) is 70.2 Å². The maximum atomic E-state index is 14.1. The molecule has 1 saturated carbocycles. The highest BCUT2D eigenvalue weighted by molar-refractivity contribution is 7.71. The predicted molar refractivity (Wildman–Crippen MR) is 112 cm³/mol.